The second kappa shape index (κ2) is 7.25. The van der Waals surface area contributed by atoms with Gasteiger partial charge in [-0.1, -0.05) is 19.9 Å². The van der Waals surface area contributed by atoms with Gasteiger partial charge in [-0.3, -0.25) is 0 Å². The van der Waals surface area contributed by atoms with Crippen LogP contribution < -0.4 is 5.73 Å². The lowest BCUT2D eigenvalue weighted by Gasteiger charge is -2.12. The molecule has 0 aliphatic rings. The van der Waals surface area contributed by atoms with E-state index in [-0.39, 0.29) is 0 Å². The van der Waals surface area contributed by atoms with Gasteiger partial charge in [0, 0.05) is 16.3 Å². The van der Waals surface area contributed by atoms with Crippen molar-refractivity contribution in [1.82, 2.24) is 0 Å². The second-order valence-electron chi connectivity index (χ2n) is 4.17. The third-order valence-corrected chi connectivity index (χ3v) is 4.42. The molecule has 0 spiro atoms. The minimum atomic E-state index is 0.640. The largest absolute Gasteiger partial charge is 0.326 e. The zero-order chi connectivity index (χ0) is 12.0. The van der Waals surface area contributed by atoms with Gasteiger partial charge in [-0.25, -0.2) is 0 Å². The number of rotatable bonds is 6. The molecule has 0 aliphatic heterocycles. The molecule has 0 saturated heterocycles. The molecular formula is C13H21NS2. The summed E-state index contributed by atoms with van der Waals surface area (Å²) in [4.78, 5) is 2.67. The van der Waals surface area contributed by atoms with Gasteiger partial charge in [0.05, 0.1) is 0 Å². The minimum Gasteiger partial charge on any atom is -0.326 e. The highest BCUT2D eigenvalue weighted by Crippen LogP contribution is 2.30. The van der Waals surface area contributed by atoms with E-state index in [1.54, 1.807) is 11.8 Å². The summed E-state index contributed by atoms with van der Waals surface area (Å²) in [6, 6.07) is 6.47. The van der Waals surface area contributed by atoms with Crippen molar-refractivity contribution in [1.29, 1.82) is 0 Å². The maximum absolute atomic E-state index is 5.83. The molecule has 3 heteroatoms. The molecule has 0 amide bonds. The SMILES string of the molecule is CSc1cccc(SCCC(C)C)c1CN. The van der Waals surface area contributed by atoms with Crippen LogP contribution in [0.2, 0.25) is 0 Å². The van der Waals surface area contributed by atoms with Crippen LogP contribution in [0.25, 0.3) is 0 Å². The van der Waals surface area contributed by atoms with Crippen molar-refractivity contribution in [2.75, 3.05) is 12.0 Å². The summed E-state index contributed by atoms with van der Waals surface area (Å²) in [5.74, 6) is 1.96. The van der Waals surface area contributed by atoms with E-state index in [2.05, 4.69) is 38.3 Å². The lowest BCUT2D eigenvalue weighted by molar-refractivity contribution is 0.632. The van der Waals surface area contributed by atoms with E-state index in [9.17, 15) is 0 Å². The Morgan fingerprint density at radius 3 is 2.50 bits per heavy atom. The van der Waals surface area contributed by atoms with E-state index >= 15 is 0 Å². The summed E-state index contributed by atoms with van der Waals surface area (Å²) in [6.07, 6.45) is 3.37. The van der Waals surface area contributed by atoms with Crippen molar-refractivity contribution in [3.63, 3.8) is 0 Å². The summed E-state index contributed by atoms with van der Waals surface area (Å²) >= 11 is 3.72. The van der Waals surface area contributed by atoms with Crippen LogP contribution >= 0.6 is 23.5 Å². The Morgan fingerprint density at radius 2 is 1.94 bits per heavy atom. The fraction of sp³-hybridized carbons (Fsp3) is 0.538. The van der Waals surface area contributed by atoms with Crippen molar-refractivity contribution in [2.24, 2.45) is 11.7 Å². The molecule has 2 N–H and O–H groups in total. The van der Waals surface area contributed by atoms with Crippen LogP contribution in [-0.4, -0.2) is 12.0 Å². The van der Waals surface area contributed by atoms with E-state index in [4.69, 9.17) is 5.73 Å². The lowest BCUT2D eigenvalue weighted by atomic mass is 10.2. The fourth-order valence-electron chi connectivity index (χ4n) is 1.48. The van der Waals surface area contributed by atoms with Gasteiger partial charge in [0.1, 0.15) is 0 Å². The van der Waals surface area contributed by atoms with Gasteiger partial charge < -0.3 is 5.73 Å². The first-order valence-corrected chi connectivity index (χ1v) is 7.88. The molecule has 90 valence electrons. The quantitative estimate of drug-likeness (QED) is 0.778. The van der Waals surface area contributed by atoms with Crippen molar-refractivity contribution in [2.45, 2.75) is 36.6 Å². The predicted octanol–water partition coefficient (Wildman–Crippen LogP) is 4.01. The highest BCUT2D eigenvalue weighted by Gasteiger charge is 2.06. The summed E-state index contributed by atoms with van der Waals surface area (Å²) in [6.45, 7) is 5.17. The molecule has 0 radical (unpaired) electrons. The summed E-state index contributed by atoms with van der Waals surface area (Å²) in [5.41, 5.74) is 7.14. The zero-order valence-corrected chi connectivity index (χ0v) is 12.0. The van der Waals surface area contributed by atoms with E-state index in [1.807, 2.05) is 11.8 Å². The minimum absolute atomic E-state index is 0.640. The number of thioether (sulfide) groups is 2. The summed E-state index contributed by atoms with van der Waals surface area (Å²) in [5, 5.41) is 0. The zero-order valence-electron chi connectivity index (χ0n) is 10.3. The molecule has 16 heavy (non-hydrogen) atoms. The Hall–Kier alpha value is -0.120. The van der Waals surface area contributed by atoms with Crippen LogP contribution in [0.15, 0.2) is 28.0 Å². The molecular weight excluding hydrogens is 234 g/mol. The predicted molar refractivity (Wildman–Crippen MR) is 76.3 cm³/mol. The van der Waals surface area contributed by atoms with Crippen molar-refractivity contribution in [3.8, 4) is 0 Å². The molecule has 1 rings (SSSR count). The highest BCUT2D eigenvalue weighted by atomic mass is 32.2. The van der Waals surface area contributed by atoms with Crippen molar-refractivity contribution < 1.29 is 0 Å². The molecule has 1 nitrogen and oxygen atoms in total. The first-order chi connectivity index (χ1) is 7.69. The standard InChI is InChI=1S/C13H21NS2/c1-10(2)7-8-16-13-6-4-5-12(15-3)11(13)9-14/h4-6,10H,7-9,14H2,1-3H3. The monoisotopic (exact) mass is 255 g/mol. The van der Waals surface area contributed by atoms with Crippen LogP contribution in [0.3, 0.4) is 0 Å². The van der Waals surface area contributed by atoms with Gasteiger partial charge in [0.2, 0.25) is 0 Å². The van der Waals surface area contributed by atoms with Gasteiger partial charge in [-0.2, -0.15) is 0 Å². The van der Waals surface area contributed by atoms with Crippen molar-refractivity contribution >= 4 is 23.5 Å². The second-order valence-corrected chi connectivity index (χ2v) is 6.16. The molecule has 0 aromatic heterocycles. The topological polar surface area (TPSA) is 26.0 Å². The third-order valence-electron chi connectivity index (χ3n) is 2.47. The van der Waals surface area contributed by atoms with Gasteiger partial charge in [0.25, 0.3) is 0 Å². The first kappa shape index (κ1) is 13.9. The molecule has 0 fully saturated rings. The molecule has 1 aromatic carbocycles. The first-order valence-electron chi connectivity index (χ1n) is 5.67. The van der Waals surface area contributed by atoms with Gasteiger partial charge in [-0.15, -0.1) is 23.5 Å². The lowest BCUT2D eigenvalue weighted by Crippen LogP contribution is -2.01. The van der Waals surface area contributed by atoms with Gasteiger partial charge in [-0.05, 0) is 42.0 Å². The molecule has 0 unspecified atom stereocenters. The summed E-state index contributed by atoms with van der Waals surface area (Å²) < 4.78 is 0. The van der Waals surface area contributed by atoms with Gasteiger partial charge >= 0.3 is 0 Å². The number of hydrogen-bond acceptors (Lipinski definition) is 3. The van der Waals surface area contributed by atoms with Crippen molar-refractivity contribution in [3.05, 3.63) is 23.8 Å². The van der Waals surface area contributed by atoms with Crippen LogP contribution in [0.4, 0.5) is 0 Å². The number of benzene rings is 1. The molecule has 1 aromatic rings. The molecule has 0 heterocycles. The molecule has 0 bridgehead atoms. The van der Waals surface area contributed by atoms with Crippen LogP contribution in [-0.2, 0) is 6.54 Å². The van der Waals surface area contributed by atoms with Crippen LogP contribution in [0, 0.1) is 5.92 Å². The molecule has 0 saturated carbocycles. The fourth-order valence-corrected chi connectivity index (χ4v) is 3.55. The Balaban J connectivity index is 2.71. The molecule has 0 aliphatic carbocycles. The Bertz CT molecular complexity index is 324. The van der Waals surface area contributed by atoms with E-state index in [0.717, 1.165) is 5.92 Å². The maximum atomic E-state index is 5.83. The highest BCUT2D eigenvalue weighted by molar-refractivity contribution is 7.99. The maximum Gasteiger partial charge on any atom is 0.0200 e. The number of nitrogens with two attached hydrogens (primary N) is 1. The number of hydrogen-bond donors (Lipinski definition) is 1. The average Bonchev–Trinajstić information content (AvgIpc) is 2.28. The van der Waals surface area contributed by atoms with Crippen LogP contribution in [0.5, 0.6) is 0 Å². The third kappa shape index (κ3) is 4.04. The smallest absolute Gasteiger partial charge is 0.0200 e. The van der Waals surface area contributed by atoms with E-state index < -0.39 is 0 Å². The van der Waals surface area contributed by atoms with E-state index in [0.29, 0.717) is 6.54 Å². The summed E-state index contributed by atoms with van der Waals surface area (Å²) in [7, 11) is 0. The normalized spacial score (nSPS) is 11.1. The molecule has 0 atom stereocenters. The van der Waals surface area contributed by atoms with Crippen LogP contribution in [0.1, 0.15) is 25.8 Å². The van der Waals surface area contributed by atoms with Gasteiger partial charge in [0.15, 0.2) is 0 Å². The Kier molecular flexibility index (Phi) is 6.32. The Morgan fingerprint density at radius 1 is 1.25 bits per heavy atom. The average molecular weight is 255 g/mol. The Labute approximate surface area is 108 Å². The van der Waals surface area contributed by atoms with E-state index in [1.165, 1.54) is 27.5 Å².